The zero-order chi connectivity index (χ0) is 11.0. The van der Waals surface area contributed by atoms with Gasteiger partial charge in [-0.1, -0.05) is 18.7 Å². The molecule has 5 N–H and O–H groups in total. The van der Waals surface area contributed by atoms with Crippen molar-refractivity contribution in [2.24, 2.45) is 16.5 Å². The van der Waals surface area contributed by atoms with Crippen molar-refractivity contribution in [3.8, 4) is 0 Å². The Hall–Kier alpha value is -0.750. The van der Waals surface area contributed by atoms with E-state index < -0.39 is 12.0 Å². The molecule has 14 heavy (non-hydrogen) atoms. The average Bonchev–Trinajstić information content (AvgIpc) is 2.12. The lowest BCUT2D eigenvalue weighted by Crippen LogP contribution is -2.23. The molecule has 0 amide bonds. The second-order valence-electron chi connectivity index (χ2n) is 2.69. The number of aliphatic imine (C=N–C) groups is 1. The Morgan fingerprint density at radius 3 is 2.71 bits per heavy atom. The van der Waals surface area contributed by atoms with E-state index in [2.05, 4.69) is 4.99 Å². The molecule has 0 radical (unpaired) electrons. The van der Waals surface area contributed by atoms with Gasteiger partial charge in [0.2, 0.25) is 0 Å². The number of hydrogen-bond donors (Lipinski definition) is 3. The fraction of sp³-hybridized carbons (Fsp3) is 0.750. The minimum Gasteiger partial charge on any atom is -0.480 e. The van der Waals surface area contributed by atoms with E-state index in [-0.39, 0.29) is 0 Å². The van der Waals surface area contributed by atoms with E-state index in [9.17, 15) is 4.79 Å². The number of nitrogens with zero attached hydrogens (tertiary/aromatic N) is 1. The summed E-state index contributed by atoms with van der Waals surface area (Å²) in [6.45, 7) is 2.41. The minimum absolute atomic E-state index is 0.330. The van der Waals surface area contributed by atoms with Crippen LogP contribution in [0.15, 0.2) is 4.99 Å². The molecule has 0 saturated heterocycles. The van der Waals surface area contributed by atoms with E-state index in [1.807, 2.05) is 6.92 Å². The normalized spacial score (nSPS) is 14.0. The maximum absolute atomic E-state index is 10.7. The van der Waals surface area contributed by atoms with Gasteiger partial charge in [-0.3, -0.25) is 0 Å². The standard InChI is InChI=1S/C8H17N3O2S/c1-2-14-8(10)11-6(7(12)13)4-3-5-9/h6H,2-5,9H2,1H3,(H2,10,11)(H,12,13)/t6-/m0/s1. The van der Waals surface area contributed by atoms with Gasteiger partial charge in [-0.05, 0) is 25.1 Å². The molecule has 0 aromatic carbocycles. The van der Waals surface area contributed by atoms with Crippen LogP contribution in [0, 0.1) is 0 Å². The third kappa shape index (κ3) is 5.82. The van der Waals surface area contributed by atoms with Crippen molar-refractivity contribution < 1.29 is 9.90 Å². The minimum atomic E-state index is -0.946. The van der Waals surface area contributed by atoms with Crippen molar-refractivity contribution >= 4 is 22.9 Å². The van der Waals surface area contributed by atoms with Crippen molar-refractivity contribution in [1.29, 1.82) is 0 Å². The van der Waals surface area contributed by atoms with Crippen LogP contribution in [-0.2, 0) is 4.79 Å². The van der Waals surface area contributed by atoms with Crippen LogP contribution < -0.4 is 11.5 Å². The largest absolute Gasteiger partial charge is 0.480 e. The Balaban J connectivity index is 4.20. The summed E-state index contributed by atoms with van der Waals surface area (Å²) in [5, 5.41) is 9.13. The summed E-state index contributed by atoms with van der Waals surface area (Å²) in [6, 6.07) is -0.752. The van der Waals surface area contributed by atoms with Gasteiger partial charge in [-0.25, -0.2) is 9.79 Å². The van der Waals surface area contributed by atoms with Crippen LogP contribution in [0.25, 0.3) is 0 Å². The summed E-state index contributed by atoms with van der Waals surface area (Å²) >= 11 is 1.34. The Morgan fingerprint density at radius 2 is 2.29 bits per heavy atom. The number of rotatable bonds is 6. The van der Waals surface area contributed by atoms with E-state index >= 15 is 0 Å². The molecule has 0 bridgehead atoms. The molecule has 0 rings (SSSR count). The van der Waals surface area contributed by atoms with Crippen LogP contribution in [0.5, 0.6) is 0 Å². The van der Waals surface area contributed by atoms with Crippen LogP contribution in [0.4, 0.5) is 0 Å². The highest BCUT2D eigenvalue weighted by molar-refractivity contribution is 8.13. The first-order chi connectivity index (χ1) is 6.61. The highest BCUT2D eigenvalue weighted by atomic mass is 32.2. The number of thioether (sulfide) groups is 1. The molecule has 0 unspecified atom stereocenters. The monoisotopic (exact) mass is 219 g/mol. The van der Waals surface area contributed by atoms with Crippen molar-refractivity contribution in [2.75, 3.05) is 12.3 Å². The molecule has 0 aromatic heterocycles. The molecule has 0 spiro atoms. The number of hydrogen-bond acceptors (Lipinski definition) is 4. The second-order valence-corrected chi connectivity index (χ2v) is 3.97. The average molecular weight is 219 g/mol. The molecule has 0 heterocycles. The van der Waals surface area contributed by atoms with Gasteiger partial charge in [-0.2, -0.15) is 0 Å². The molecule has 6 heteroatoms. The maximum atomic E-state index is 10.7. The molecule has 82 valence electrons. The summed E-state index contributed by atoms with van der Waals surface area (Å²) in [5.74, 6) is -0.156. The number of carboxylic acid groups (broad SMARTS) is 1. The fourth-order valence-corrected chi connectivity index (χ4v) is 1.39. The number of carbonyl (C=O) groups is 1. The lowest BCUT2D eigenvalue weighted by molar-refractivity contribution is -0.138. The van der Waals surface area contributed by atoms with Gasteiger partial charge in [0.05, 0.1) is 0 Å². The lowest BCUT2D eigenvalue weighted by Gasteiger charge is -2.07. The number of nitrogens with two attached hydrogens (primary N) is 2. The summed E-state index contributed by atoms with van der Waals surface area (Å²) in [7, 11) is 0. The zero-order valence-corrected chi connectivity index (χ0v) is 9.09. The molecule has 0 aromatic rings. The first-order valence-corrected chi connectivity index (χ1v) is 5.49. The van der Waals surface area contributed by atoms with Gasteiger partial charge in [0, 0.05) is 0 Å². The van der Waals surface area contributed by atoms with Crippen LogP contribution >= 0.6 is 11.8 Å². The second kappa shape index (κ2) is 7.64. The van der Waals surface area contributed by atoms with Gasteiger partial charge in [0.25, 0.3) is 0 Å². The third-order valence-electron chi connectivity index (χ3n) is 1.54. The summed E-state index contributed by atoms with van der Waals surface area (Å²) in [6.07, 6.45) is 1.08. The SMILES string of the molecule is CCSC(N)=N[C@@H](CCCN)C(=O)O. The number of aliphatic carboxylic acids is 1. The Bertz CT molecular complexity index is 209. The van der Waals surface area contributed by atoms with E-state index in [0.717, 1.165) is 5.75 Å². The van der Waals surface area contributed by atoms with Crippen molar-refractivity contribution in [3.63, 3.8) is 0 Å². The molecule has 0 saturated carbocycles. The van der Waals surface area contributed by atoms with Gasteiger partial charge in [0.1, 0.15) is 6.04 Å². The van der Waals surface area contributed by atoms with Gasteiger partial charge in [0.15, 0.2) is 5.17 Å². The Kier molecular flexibility index (Phi) is 7.23. The van der Waals surface area contributed by atoms with Crippen LogP contribution in [0.3, 0.4) is 0 Å². The maximum Gasteiger partial charge on any atom is 0.328 e. The third-order valence-corrected chi connectivity index (χ3v) is 2.23. The first kappa shape index (κ1) is 13.2. The molecule has 0 aliphatic heterocycles. The van der Waals surface area contributed by atoms with Gasteiger partial charge >= 0.3 is 5.97 Å². The van der Waals surface area contributed by atoms with Crippen molar-refractivity contribution in [2.45, 2.75) is 25.8 Å². The molecule has 0 fully saturated rings. The number of amidine groups is 1. The Labute approximate surface area is 87.9 Å². The summed E-state index contributed by atoms with van der Waals surface area (Å²) in [5.41, 5.74) is 10.8. The van der Waals surface area contributed by atoms with E-state index in [1.54, 1.807) is 0 Å². The quantitative estimate of drug-likeness (QED) is 0.439. The van der Waals surface area contributed by atoms with E-state index in [1.165, 1.54) is 11.8 Å². The predicted octanol–water partition coefficient (Wildman–Crippen LogP) is 0.246. The van der Waals surface area contributed by atoms with Gasteiger partial charge in [-0.15, -0.1) is 0 Å². The Morgan fingerprint density at radius 1 is 1.64 bits per heavy atom. The van der Waals surface area contributed by atoms with Crippen LogP contribution in [0.2, 0.25) is 0 Å². The molecule has 0 aliphatic carbocycles. The van der Waals surface area contributed by atoms with Crippen molar-refractivity contribution in [1.82, 2.24) is 0 Å². The van der Waals surface area contributed by atoms with Crippen LogP contribution in [0.1, 0.15) is 19.8 Å². The highest BCUT2D eigenvalue weighted by Gasteiger charge is 2.15. The zero-order valence-electron chi connectivity index (χ0n) is 8.27. The lowest BCUT2D eigenvalue weighted by atomic mass is 10.2. The first-order valence-electron chi connectivity index (χ1n) is 4.50. The molecular formula is C8H17N3O2S. The molecule has 5 nitrogen and oxygen atoms in total. The van der Waals surface area contributed by atoms with E-state index in [4.69, 9.17) is 16.6 Å². The summed E-state index contributed by atoms with van der Waals surface area (Å²) in [4.78, 5) is 14.6. The topological polar surface area (TPSA) is 102 Å². The van der Waals surface area contributed by atoms with Gasteiger partial charge < -0.3 is 16.6 Å². The molecule has 0 aliphatic rings. The predicted molar refractivity (Wildman–Crippen MR) is 59.5 cm³/mol. The van der Waals surface area contributed by atoms with Crippen LogP contribution in [-0.4, -0.2) is 34.6 Å². The summed E-state index contributed by atoms with van der Waals surface area (Å²) < 4.78 is 0. The van der Waals surface area contributed by atoms with Crippen molar-refractivity contribution in [3.05, 3.63) is 0 Å². The smallest absolute Gasteiger partial charge is 0.328 e. The number of carboxylic acids is 1. The fourth-order valence-electron chi connectivity index (χ4n) is 0.893. The molecular weight excluding hydrogens is 202 g/mol. The highest BCUT2D eigenvalue weighted by Crippen LogP contribution is 2.06. The molecule has 1 atom stereocenters. The van der Waals surface area contributed by atoms with E-state index in [0.29, 0.717) is 24.6 Å².